The molecule has 0 saturated carbocycles. The first-order valence-electron chi connectivity index (χ1n) is 12.1. The lowest BCUT2D eigenvalue weighted by molar-refractivity contribution is -0.121. The number of unbranched alkanes of at least 4 members (excludes halogenated alkanes) is 2. The second-order valence-electron chi connectivity index (χ2n) is 8.60. The zero-order chi connectivity index (χ0) is 26.0. The fourth-order valence-corrected chi connectivity index (χ4v) is 3.96. The van der Waals surface area contributed by atoms with Gasteiger partial charge in [0.2, 0.25) is 11.8 Å². The smallest absolute Gasteiger partial charge is 0.240 e. The normalized spacial score (nSPS) is 11.5. The molecule has 0 aliphatic carbocycles. The molecule has 0 aliphatic rings. The second-order valence-corrected chi connectivity index (χ2v) is 8.60. The quantitative estimate of drug-likeness (QED) is 0.141. The zero-order valence-electron chi connectivity index (χ0n) is 20.2. The van der Waals surface area contributed by atoms with Crippen molar-refractivity contribution in [3.63, 3.8) is 0 Å². The van der Waals surface area contributed by atoms with Crippen molar-refractivity contribution in [2.24, 2.45) is 10.2 Å². The fraction of sp³-hybridized carbons (Fsp3) is 0.172. The Labute approximate surface area is 214 Å². The molecule has 0 atom stereocenters. The molecule has 0 aliphatic heterocycles. The molecule has 0 aromatic heterocycles. The topological polar surface area (TPSA) is 123 Å². The molecular formula is C29H28N4O4. The number of amides is 2. The van der Waals surface area contributed by atoms with Gasteiger partial charge in [-0.25, -0.2) is 10.9 Å². The Morgan fingerprint density at radius 2 is 1.05 bits per heavy atom. The first-order chi connectivity index (χ1) is 18.0. The van der Waals surface area contributed by atoms with Crippen LogP contribution < -0.4 is 10.9 Å². The Balaban J connectivity index is 1.13. The minimum absolute atomic E-state index is 0.118. The molecule has 0 spiro atoms. The van der Waals surface area contributed by atoms with Gasteiger partial charge < -0.3 is 10.2 Å². The summed E-state index contributed by atoms with van der Waals surface area (Å²) >= 11 is 0. The van der Waals surface area contributed by atoms with E-state index in [0.717, 1.165) is 21.5 Å². The number of carbonyl (C=O) groups is 2. The number of fused-ring (bicyclic) bond motifs is 2. The summed E-state index contributed by atoms with van der Waals surface area (Å²) < 4.78 is 0. The van der Waals surface area contributed by atoms with Crippen molar-refractivity contribution in [1.82, 2.24) is 10.9 Å². The average Bonchev–Trinajstić information content (AvgIpc) is 2.91. The standard InChI is InChI=1S/C29H28N4O4/c34-26(32-30-18-22-16-14-20-8-4-6-10-24(20)28(22)36)12-2-1-3-13-27(35)33-31-19-23-17-15-21-9-5-7-11-25(21)29(23)37/h4-11,14-19,36-37H,1-3,12-13H2,(H,32,34)(H,33,35). The highest BCUT2D eigenvalue weighted by Crippen LogP contribution is 2.28. The minimum Gasteiger partial charge on any atom is -0.507 e. The number of hydrogen-bond donors (Lipinski definition) is 4. The SMILES string of the molecule is O=C(CCCCCC(=O)NN=Cc1ccc2ccccc2c1O)NN=Cc1ccc2ccccc2c1O. The second kappa shape index (κ2) is 12.3. The number of phenols is 2. The van der Waals surface area contributed by atoms with Crippen LogP contribution in [0.3, 0.4) is 0 Å². The van der Waals surface area contributed by atoms with Crippen LogP contribution in [0.25, 0.3) is 21.5 Å². The number of benzene rings is 4. The Morgan fingerprint density at radius 3 is 1.51 bits per heavy atom. The van der Waals surface area contributed by atoms with E-state index in [0.29, 0.717) is 30.4 Å². The third-order valence-corrected chi connectivity index (χ3v) is 5.96. The number of nitrogens with zero attached hydrogens (tertiary/aromatic N) is 2. The van der Waals surface area contributed by atoms with Crippen molar-refractivity contribution in [2.45, 2.75) is 32.1 Å². The lowest BCUT2D eigenvalue weighted by atomic mass is 10.1. The largest absolute Gasteiger partial charge is 0.507 e. The molecule has 0 radical (unpaired) electrons. The van der Waals surface area contributed by atoms with Crippen molar-refractivity contribution in [3.05, 3.63) is 83.9 Å². The highest BCUT2D eigenvalue weighted by molar-refractivity contribution is 5.98. The van der Waals surface area contributed by atoms with Crippen LogP contribution in [-0.2, 0) is 9.59 Å². The summed E-state index contributed by atoms with van der Waals surface area (Å²) in [6.07, 6.45) is 5.33. The number of carbonyl (C=O) groups excluding carboxylic acids is 2. The lowest BCUT2D eigenvalue weighted by Crippen LogP contribution is -2.18. The predicted molar refractivity (Wildman–Crippen MR) is 146 cm³/mol. The van der Waals surface area contributed by atoms with Gasteiger partial charge in [-0.3, -0.25) is 9.59 Å². The third-order valence-electron chi connectivity index (χ3n) is 5.96. The summed E-state index contributed by atoms with van der Waals surface area (Å²) in [5.74, 6) is -0.234. The predicted octanol–water partition coefficient (Wildman–Crippen LogP) is 4.96. The summed E-state index contributed by atoms with van der Waals surface area (Å²) in [5, 5.41) is 31.9. The highest BCUT2D eigenvalue weighted by atomic mass is 16.3. The summed E-state index contributed by atoms with van der Waals surface area (Å²) in [4.78, 5) is 24.0. The number of phenolic OH excluding ortho intramolecular Hbond substituents is 2. The van der Waals surface area contributed by atoms with E-state index in [1.54, 1.807) is 12.1 Å². The van der Waals surface area contributed by atoms with Gasteiger partial charge in [0.05, 0.1) is 12.4 Å². The number of hydrogen-bond acceptors (Lipinski definition) is 6. The average molecular weight is 497 g/mol. The zero-order valence-corrected chi connectivity index (χ0v) is 20.2. The van der Waals surface area contributed by atoms with Crippen molar-refractivity contribution < 1.29 is 19.8 Å². The third kappa shape index (κ3) is 6.70. The van der Waals surface area contributed by atoms with Gasteiger partial charge in [-0.05, 0) is 35.7 Å². The summed E-state index contributed by atoms with van der Waals surface area (Å²) in [6.45, 7) is 0. The van der Waals surface area contributed by atoms with Gasteiger partial charge in [-0.1, -0.05) is 67.1 Å². The highest BCUT2D eigenvalue weighted by Gasteiger charge is 2.06. The first-order valence-corrected chi connectivity index (χ1v) is 12.1. The molecule has 8 nitrogen and oxygen atoms in total. The fourth-order valence-electron chi connectivity index (χ4n) is 3.96. The van der Waals surface area contributed by atoms with Crippen LogP contribution in [0, 0.1) is 0 Å². The van der Waals surface area contributed by atoms with Crippen LogP contribution >= 0.6 is 0 Å². The van der Waals surface area contributed by atoms with E-state index in [1.807, 2.05) is 60.7 Å². The number of hydrazone groups is 2. The Morgan fingerprint density at radius 1 is 0.622 bits per heavy atom. The van der Waals surface area contributed by atoms with E-state index in [1.165, 1.54) is 12.4 Å². The molecular weight excluding hydrogens is 468 g/mol. The van der Waals surface area contributed by atoms with Gasteiger partial charge in [-0.2, -0.15) is 10.2 Å². The molecule has 2 amide bonds. The Kier molecular flexibility index (Phi) is 8.44. The van der Waals surface area contributed by atoms with E-state index >= 15 is 0 Å². The van der Waals surface area contributed by atoms with Gasteiger partial charge in [0.1, 0.15) is 11.5 Å². The molecule has 4 rings (SSSR count). The van der Waals surface area contributed by atoms with Gasteiger partial charge in [-0.15, -0.1) is 0 Å². The van der Waals surface area contributed by atoms with Crippen LogP contribution in [0.5, 0.6) is 11.5 Å². The molecule has 0 saturated heterocycles. The molecule has 4 aromatic carbocycles. The Hall–Kier alpha value is -4.72. The molecule has 4 N–H and O–H groups in total. The van der Waals surface area contributed by atoms with Crippen LogP contribution in [0.2, 0.25) is 0 Å². The summed E-state index contributed by atoms with van der Waals surface area (Å²) in [6, 6.07) is 22.2. The number of rotatable bonds is 10. The van der Waals surface area contributed by atoms with E-state index in [-0.39, 0.29) is 36.2 Å². The van der Waals surface area contributed by atoms with Crippen molar-refractivity contribution in [1.29, 1.82) is 0 Å². The first kappa shape index (κ1) is 25.4. The van der Waals surface area contributed by atoms with Crippen molar-refractivity contribution >= 4 is 45.8 Å². The maximum absolute atomic E-state index is 12.0. The molecule has 0 fully saturated rings. The van der Waals surface area contributed by atoms with E-state index in [9.17, 15) is 19.8 Å². The van der Waals surface area contributed by atoms with Gasteiger partial charge in [0.25, 0.3) is 0 Å². The number of aromatic hydroxyl groups is 2. The van der Waals surface area contributed by atoms with E-state index in [2.05, 4.69) is 21.1 Å². The minimum atomic E-state index is -0.235. The molecule has 0 unspecified atom stereocenters. The van der Waals surface area contributed by atoms with Gasteiger partial charge in [0.15, 0.2) is 0 Å². The molecule has 0 bridgehead atoms. The van der Waals surface area contributed by atoms with Gasteiger partial charge >= 0.3 is 0 Å². The van der Waals surface area contributed by atoms with Gasteiger partial charge in [0, 0.05) is 34.7 Å². The van der Waals surface area contributed by atoms with Crippen molar-refractivity contribution in [2.75, 3.05) is 0 Å². The van der Waals surface area contributed by atoms with Crippen LogP contribution in [0.15, 0.2) is 83.0 Å². The van der Waals surface area contributed by atoms with Crippen LogP contribution in [0.4, 0.5) is 0 Å². The summed E-state index contributed by atoms with van der Waals surface area (Å²) in [5.41, 5.74) is 5.97. The molecule has 8 heteroatoms. The lowest BCUT2D eigenvalue weighted by Gasteiger charge is -2.05. The summed E-state index contributed by atoms with van der Waals surface area (Å²) in [7, 11) is 0. The maximum Gasteiger partial charge on any atom is 0.240 e. The monoisotopic (exact) mass is 496 g/mol. The molecule has 0 heterocycles. The van der Waals surface area contributed by atoms with E-state index < -0.39 is 0 Å². The maximum atomic E-state index is 12.0. The molecule has 4 aromatic rings. The van der Waals surface area contributed by atoms with Crippen LogP contribution in [0.1, 0.15) is 43.2 Å². The molecule has 188 valence electrons. The van der Waals surface area contributed by atoms with E-state index in [4.69, 9.17) is 0 Å². The van der Waals surface area contributed by atoms with Crippen molar-refractivity contribution in [3.8, 4) is 11.5 Å². The molecule has 37 heavy (non-hydrogen) atoms. The van der Waals surface area contributed by atoms with Crippen LogP contribution in [-0.4, -0.2) is 34.5 Å². The number of nitrogens with one attached hydrogen (secondary N) is 2. The Bertz CT molecular complexity index is 1370.